The molecule has 2 aromatic carbocycles. The van der Waals surface area contributed by atoms with Gasteiger partial charge in [0.2, 0.25) is 5.91 Å². The highest BCUT2D eigenvalue weighted by atomic mass is 35.5. The summed E-state index contributed by atoms with van der Waals surface area (Å²) in [6, 6.07) is 14.2. The van der Waals surface area contributed by atoms with Crippen LogP contribution in [-0.4, -0.2) is 48.3 Å². The lowest BCUT2D eigenvalue weighted by molar-refractivity contribution is -0.133. The van der Waals surface area contributed by atoms with Crippen molar-refractivity contribution in [3.05, 3.63) is 64.0 Å². The van der Waals surface area contributed by atoms with Crippen molar-refractivity contribution in [2.45, 2.75) is 26.3 Å². The third-order valence-electron chi connectivity index (χ3n) is 6.80. The fourth-order valence-electron chi connectivity index (χ4n) is 4.67. The van der Waals surface area contributed by atoms with Gasteiger partial charge in [0.1, 0.15) is 17.1 Å². The maximum Gasteiger partial charge on any atom is 0.222 e. The van der Waals surface area contributed by atoms with Gasteiger partial charge in [-0.3, -0.25) is 4.79 Å². The highest BCUT2D eigenvalue weighted by Crippen LogP contribution is 2.40. The van der Waals surface area contributed by atoms with Gasteiger partial charge < -0.3 is 15.0 Å². The van der Waals surface area contributed by atoms with E-state index in [-0.39, 0.29) is 11.8 Å². The summed E-state index contributed by atoms with van der Waals surface area (Å²) in [6.07, 6.45) is 1.43. The molecule has 8 heteroatoms. The fraction of sp³-hybridized carbons (Fsp3) is 0.321. The zero-order valence-electron chi connectivity index (χ0n) is 20.7. The molecular formula is C28H29ClN4O2S. The van der Waals surface area contributed by atoms with Crippen molar-refractivity contribution < 1.29 is 9.53 Å². The number of ether oxygens (including phenoxy) is 1. The SMILES string of the molecule is CNCc1ccc(-c2nnc(-c3ccc(Cl)cc3OCC3CCN(C)C(=O)C3)c3sccc23)cc1C. The first-order valence-corrected chi connectivity index (χ1v) is 13.4. The molecule has 1 fully saturated rings. The summed E-state index contributed by atoms with van der Waals surface area (Å²) < 4.78 is 7.32. The van der Waals surface area contributed by atoms with E-state index in [2.05, 4.69) is 52.1 Å². The van der Waals surface area contributed by atoms with Gasteiger partial charge in [-0.2, -0.15) is 0 Å². The summed E-state index contributed by atoms with van der Waals surface area (Å²) in [6.45, 7) is 4.17. The zero-order chi connectivity index (χ0) is 25.2. The van der Waals surface area contributed by atoms with Gasteiger partial charge >= 0.3 is 0 Å². The monoisotopic (exact) mass is 520 g/mol. The number of carbonyl (C=O) groups excluding carboxylic acids is 1. The van der Waals surface area contributed by atoms with Crippen LogP contribution in [0.2, 0.25) is 5.02 Å². The third-order valence-corrected chi connectivity index (χ3v) is 7.96. The van der Waals surface area contributed by atoms with Crippen LogP contribution in [-0.2, 0) is 11.3 Å². The average Bonchev–Trinajstić information content (AvgIpc) is 3.36. The number of carbonyl (C=O) groups is 1. The van der Waals surface area contributed by atoms with Crippen molar-refractivity contribution in [3.8, 4) is 28.3 Å². The Bertz CT molecular complexity index is 1420. The van der Waals surface area contributed by atoms with Crippen molar-refractivity contribution in [3.63, 3.8) is 0 Å². The van der Waals surface area contributed by atoms with Crippen LogP contribution in [0.1, 0.15) is 24.0 Å². The Morgan fingerprint density at radius 2 is 2.00 bits per heavy atom. The average molecular weight is 521 g/mol. The number of thiophene rings is 1. The molecule has 1 amide bonds. The number of hydrogen-bond acceptors (Lipinski definition) is 6. The van der Waals surface area contributed by atoms with Crippen LogP contribution in [0.15, 0.2) is 47.8 Å². The number of aromatic nitrogens is 2. The molecule has 1 aliphatic heterocycles. The van der Waals surface area contributed by atoms with Crippen LogP contribution in [0, 0.1) is 12.8 Å². The third kappa shape index (κ3) is 4.96. The summed E-state index contributed by atoms with van der Waals surface area (Å²) in [5, 5.41) is 16.3. The van der Waals surface area contributed by atoms with Gasteiger partial charge in [0.05, 0.1) is 11.3 Å². The number of rotatable bonds is 7. The molecule has 36 heavy (non-hydrogen) atoms. The van der Waals surface area contributed by atoms with Gasteiger partial charge in [-0.1, -0.05) is 23.7 Å². The van der Waals surface area contributed by atoms with Crippen molar-refractivity contribution in [1.82, 2.24) is 20.4 Å². The quantitative estimate of drug-likeness (QED) is 0.326. The first kappa shape index (κ1) is 24.7. The molecule has 1 aliphatic rings. The number of hydrogen-bond donors (Lipinski definition) is 1. The Balaban J connectivity index is 1.48. The smallest absolute Gasteiger partial charge is 0.222 e. The molecule has 0 spiro atoms. The summed E-state index contributed by atoms with van der Waals surface area (Å²) in [5.41, 5.74) is 6.03. The molecule has 1 unspecified atom stereocenters. The number of halogens is 1. The summed E-state index contributed by atoms with van der Waals surface area (Å²) in [7, 11) is 3.80. The van der Waals surface area contributed by atoms with Gasteiger partial charge in [0.15, 0.2) is 0 Å². The lowest BCUT2D eigenvalue weighted by Gasteiger charge is -2.28. The molecule has 1 N–H and O–H groups in total. The van der Waals surface area contributed by atoms with Gasteiger partial charge in [-0.25, -0.2) is 0 Å². The lowest BCUT2D eigenvalue weighted by Crippen LogP contribution is -2.37. The van der Waals surface area contributed by atoms with Crippen molar-refractivity contribution in [1.29, 1.82) is 0 Å². The van der Waals surface area contributed by atoms with E-state index in [1.165, 1.54) is 11.1 Å². The molecule has 0 saturated carbocycles. The topological polar surface area (TPSA) is 67.4 Å². The number of amides is 1. The lowest BCUT2D eigenvalue weighted by atomic mass is 9.97. The molecule has 0 radical (unpaired) electrons. The standard InChI is InChI=1S/C28H29ClN4O2S/c1-17-12-19(4-5-20(17)15-30-2)26-23-9-11-36-28(23)27(32-31-26)22-7-6-21(29)14-24(22)35-16-18-8-10-33(3)25(34)13-18/h4-7,9,11-12,14,18,30H,8,10,13,15-16H2,1-3H3. The van der Waals surface area contributed by atoms with Crippen LogP contribution < -0.4 is 10.1 Å². The zero-order valence-corrected chi connectivity index (χ0v) is 22.2. The summed E-state index contributed by atoms with van der Waals surface area (Å²) in [4.78, 5) is 13.9. The molecular weight excluding hydrogens is 492 g/mol. The molecule has 6 nitrogen and oxygen atoms in total. The number of nitrogens with zero attached hydrogens (tertiary/aromatic N) is 3. The molecule has 3 heterocycles. The molecule has 1 atom stereocenters. The van der Waals surface area contributed by atoms with E-state index in [4.69, 9.17) is 16.3 Å². The van der Waals surface area contributed by atoms with E-state index < -0.39 is 0 Å². The number of benzene rings is 2. The van der Waals surface area contributed by atoms with E-state index in [0.717, 1.165) is 52.1 Å². The minimum atomic E-state index is 0.164. The van der Waals surface area contributed by atoms with E-state index in [1.807, 2.05) is 32.3 Å². The van der Waals surface area contributed by atoms with Gasteiger partial charge in [-0.05, 0) is 67.2 Å². The van der Waals surface area contributed by atoms with Gasteiger partial charge in [0, 0.05) is 54.0 Å². The van der Waals surface area contributed by atoms with Crippen LogP contribution in [0.5, 0.6) is 5.75 Å². The van der Waals surface area contributed by atoms with E-state index in [1.54, 1.807) is 16.2 Å². The van der Waals surface area contributed by atoms with Crippen molar-refractivity contribution >= 4 is 38.9 Å². The molecule has 4 aromatic rings. The first-order chi connectivity index (χ1) is 17.4. The molecule has 186 valence electrons. The minimum absolute atomic E-state index is 0.164. The fourth-order valence-corrected chi connectivity index (χ4v) is 5.72. The summed E-state index contributed by atoms with van der Waals surface area (Å²) >= 11 is 7.98. The maximum absolute atomic E-state index is 12.1. The van der Waals surface area contributed by atoms with Crippen molar-refractivity contribution in [2.24, 2.45) is 5.92 Å². The van der Waals surface area contributed by atoms with Gasteiger partial charge in [0.25, 0.3) is 0 Å². The largest absolute Gasteiger partial charge is 0.493 e. The van der Waals surface area contributed by atoms with E-state index in [0.29, 0.717) is 23.8 Å². The first-order valence-electron chi connectivity index (χ1n) is 12.1. The Morgan fingerprint density at radius 3 is 2.78 bits per heavy atom. The van der Waals surface area contributed by atoms with Crippen molar-refractivity contribution in [2.75, 3.05) is 27.2 Å². The molecule has 0 bridgehead atoms. The van der Waals surface area contributed by atoms with E-state index in [9.17, 15) is 4.79 Å². The molecule has 0 aliphatic carbocycles. The van der Waals surface area contributed by atoms with Crippen LogP contribution in [0.25, 0.3) is 32.6 Å². The van der Waals surface area contributed by atoms with Crippen LogP contribution >= 0.6 is 22.9 Å². The highest BCUT2D eigenvalue weighted by molar-refractivity contribution is 7.17. The second-order valence-electron chi connectivity index (χ2n) is 9.36. The summed E-state index contributed by atoms with van der Waals surface area (Å²) in [5.74, 6) is 1.01. The maximum atomic E-state index is 12.1. The number of aryl methyl sites for hydroxylation is 1. The second kappa shape index (κ2) is 10.5. The Labute approximate surface area is 220 Å². The second-order valence-corrected chi connectivity index (χ2v) is 10.7. The predicted molar refractivity (Wildman–Crippen MR) is 147 cm³/mol. The molecule has 5 rings (SSSR count). The Kier molecular flexibility index (Phi) is 7.23. The number of likely N-dealkylation sites (tertiary alicyclic amines) is 1. The minimum Gasteiger partial charge on any atom is -0.493 e. The number of nitrogens with one attached hydrogen (secondary N) is 1. The molecule has 2 aromatic heterocycles. The highest BCUT2D eigenvalue weighted by Gasteiger charge is 2.25. The Hall–Kier alpha value is -3.00. The molecule has 1 saturated heterocycles. The van der Waals surface area contributed by atoms with Gasteiger partial charge in [-0.15, -0.1) is 21.5 Å². The van der Waals surface area contributed by atoms with Crippen LogP contribution in [0.3, 0.4) is 0 Å². The van der Waals surface area contributed by atoms with Crippen LogP contribution in [0.4, 0.5) is 0 Å². The number of piperidine rings is 1. The predicted octanol–water partition coefficient (Wildman–Crippen LogP) is 5.95. The van der Waals surface area contributed by atoms with E-state index >= 15 is 0 Å². The Morgan fingerprint density at radius 1 is 1.17 bits per heavy atom. The number of fused-ring (bicyclic) bond motifs is 1. The normalized spacial score (nSPS) is 16.1.